The van der Waals surface area contributed by atoms with Gasteiger partial charge in [0.25, 0.3) is 0 Å². The van der Waals surface area contributed by atoms with Crippen molar-refractivity contribution in [3.8, 4) is 0 Å². The fourth-order valence-corrected chi connectivity index (χ4v) is 1.79. The summed E-state index contributed by atoms with van der Waals surface area (Å²) in [7, 11) is 0. The van der Waals surface area contributed by atoms with Gasteiger partial charge in [0, 0.05) is 13.1 Å². The molecule has 1 rings (SSSR count). The second-order valence-corrected chi connectivity index (χ2v) is 5.82. The van der Waals surface area contributed by atoms with Crippen LogP contribution in [0, 0.1) is 0 Å². The summed E-state index contributed by atoms with van der Waals surface area (Å²) in [5.74, 6) is 0. The third-order valence-electron chi connectivity index (χ3n) is 2.70. The summed E-state index contributed by atoms with van der Waals surface area (Å²) in [5, 5.41) is 0. The molecule has 0 saturated heterocycles. The smallest absolute Gasteiger partial charge is 0.410 e. The minimum atomic E-state index is -0.468. The minimum absolute atomic E-state index is 0.259. The van der Waals surface area contributed by atoms with Crippen LogP contribution in [0.1, 0.15) is 39.2 Å². The van der Waals surface area contributed by atoms with Gasteiger partial charge >= 0.3 is 6.09 Å². The molecule has 0 heterocycles. The summed E-state index contributed by atoms with van der Waals surface area (Å²) in [6.45, 7) is 10.6. The number of unbranched alkanes of at least 4 members (excludes halogenated alkanes) is 1. The third kappa shape index (κ3) is 6.41. The van der Waals surface area contributed by atoms with Crippen LogP contribution in [0.2, 0.25) is 0 Å². The number of rotatable bonds is 6. The molecule has 0 atom stereocenters. The minimum Gasteiger partial charge on any atom is -0.444 e. The van der Waals surface area contributed by atoms with Crippen LogP contribution >= 0.6 is 0 Å². The summed E-state index contributed by atoms with van der Waals surface area (Å²) in [6.07, 6.45) is 3.41. The highest BCUT2D eigenvalue weighted by Gasteiger charge is 2.21. The highest BCUT2D eigenvalue weighted by Crippen LogP contribution is 2.13. The highest BCUT2D eigenvalue weighted by molar-refractivity contribution is 5.68. The van der Waals surface area contributed by atoms with Crippen LogP contribution in [0.3, 0.4) is 0 Å². The lowest BCUT2D eigenvalue weighted by Gasteiger charge is -2.27. The van der Waals surface area contributed by atoms with Gasteiger partial charge in [0.05, 0.1) is 0 Å². The number of ether oxygens (including phenoxy) is 1. The average Bonchev–Trinajstić information content (AvgIpc) is 2.37. The maximum Gasteiger partial charge on any atom is 0.410 e. The van der Waals surface area contributed by atoms with Gasteiger partial charge in [-0.05, 0) is 39.2 Å². The predicted molar refractivity (Wildman–Crippen MR) is 82.5 cm³/mol. The predicted octanol–water partition coefficient (Wildman–Crippen LogP) is 4.39. The maximum absolute atomic E-state index is 12.2. The van der Waals surface area contributed by atoms with Crippen LogP contribution in [0.15, 0.2) is 43.0 Å². The molecule has 20 heavy (non-hydrogen) atoms. The van der Waals surface area contributed by atoms with Gasteiger partial charge in [0.2, 0.25) is 0 Å². The highest BCUT2D eigenvalue weighted by atomic mass is 16.6. The number of carbonyl (C=O) groups excluding carboxylic acids is 1. The number of hydrogen-bond acceptors (Lipinski definition) is 2. The summed E-state index contributed by atoms with van der Waals surface area (Å²) >= 11 is 0. The first-order valence-corrected chi connectivity index (χ1v) is 7.05. The molecule has 0 saturated carbocycles. The van der Waals surface area contributed by atoms with E-state index in [9.17, 15) is 4.79 Å². The second-order valence-electron chi connectivity index (χ2n) is 5.82. The molecule has 1 aromatic carbocycles. The van der Waals surface area contributed by atoms with E-state index in [1.54, 1.807) is 4.90 Å². The van der Waals surface area contributed by atoms with Crippen LogP contribution in [0.5, 0.6) is 0 Å². The number of amides is 1. The zero-order chi connectivity index (χ0) is 15.0. The van der Waals surface area contributed by atoms with Crippen LogP contribution < -0.4 is 0 Å². The van der Waals surface area contributed by atoms with Gasteiger partial charge in [0.15, 0.2) is 0 Å². The molecule has 0 aliphatic heterocycles. The van der Waals surface area contributed by atoms with Crippen molar-refractivity contribution < 1.29 is 9.53 Å². The Labute approximate surface area is 122 Å². The Morgan fingerprint density at radius 3 is 2.50 bits per heavy atom. The summed E-state index contributed by atoms with van der Waals surface area (Å²) in [5.41, 5.74) is 0.640. The molecule has 0 aliphatic rings. The van der Waals surface area contributed by atoms with Gasteiger partial charge < -0.3 is 9.64 Å². The summed E-state index contributed by atoms with van der Waals surface area (Å²) < 4.78 is 5.46. The molecule has 0 fully saturated rings. The fourth-order valence-electron chi connectivity index (χ4n) is 1.79. The van der Waals surface area contributed by atoms with Gasteiger partial charge in [0.1, 0.15) is 5.60 Å². The first kappa shape index (κ1) is 16.3. The largest absolute Gasteiger partial charge is 0.444 e. The van der Waals surface area contributed by atoms with Gasteiger partial charge in [-0.2, -0.15) is 0 Å². The molecule has 1 aromatic rings. The lowest BCUT2D eigenvalue weighted by Crippen LogP contribution is -2.37. The molecule has 3 heteroatoms. The van der Waals surface area contributed by atoms with Crippen molar-refractivity contribution in [2.45, 2.75) is 45.8 Å². The first-order valence-electron chi connectivity index (χ1n) is 7.05. The van der Waals surface area contributed by atoms with Gasteiger partial charge in [-0.15, -0.1) is 6.58 Å². The lowest BCUT2D eigenvalue weighted by atomic mass is 10.2. The van der Waals surface area contributed by atoms with E-state index in [0.29, 0.717) is 13.1 Å². The van der Waals surface area contributed by atoms with Crippen molar-refractivity contribution in [3.05, 3.63) is 48.6 Å². The van der Waals surface area contributed by atoms with E-state index in [1.807, 2.05) is 57.2 Å². The van der Waals surface area contributed by atoms with E-state index in [1.165, 1.54) is 0 Å². The van der Waals surface area contributed by atoms with E-state index in [4.69, 9.17) is 4.74 Å². The molecule has 0 radical (unpaired) electrons. The van der Waals surface area contributed by atoms with Crippen LogP contribution in [-0.2, 0) is 11.3 Å². The number of carbonyl (C=O) groups is 1. The fraction of sp³-hybridized carbons (Fsp3) is 0.471. The monoisotopic (exact) mass is 275 g/mol. The molecule has 0 N–H and O–H groups in total. The van der Waals surface area contributed by atoms with Crippen molar-refractivity contribution in [3.63, 3.8) is 0 Å². The van der Waals surface area contributed by atoms with E-state index >= 15 is 0 Å². The quantitative estimate of drug-likeness (QED) is 0.569. The summed E-state index contributed by atoms with van der Waals surface area (Å²) in [4.78, 5) is 14.0. The molecule has 3 nitrogen and oxygen atoms in total. The molecular formula is C17H25NO2. The average molecular weight is 275 g/mol. The molecule has 0 aromatic heterocycles. The molecule has 110 valence electrons. The van der Waals surface area contributed by atoms with Crippen molar-refractivity contribution in [1.29, 1.82) is 0 Å². The van der Waals surface area contributed by atoms with Crippen LogP contribution in [0.4, 0.5) is 4.79 Å². The molecule has 0 bridgehead atoms. The maximum atomic E-state index is 12.2. The number of nitrogens with zero attached hydrogens (tertiary/aromatic N) is 1. The Morgan fingerprint density at radius 2 is 1.95 bits per heavy atom. The number of hydrogen-bond donors (Lipinski definition) is 0. The Balaban J connectivity index is 2.68. The van der Waals surface area contributed by atoms with Gasteiger partial charge in [-0.3, -0.25) is 0 Å². The molecule has 0 unspecified atom stereocenters. The third-order valence-corrected chi connectivity index (χ3v) is 2.70. The summed E-state index contributed by atoms with van der Waals surface area (Å²) in [6, 6.07) is 9.97. The standard InChI is InChI=1S/C17H25NO2/c1-5-6-10-13-18(16(19)20-17(2,3)4)14-15-11-8-7-9-12-15/h5,7-9,11-12H,1,6,10,13-14H2,2-4H3. The number of benzene rings is 1. The van der Waals surface area contributed by atoms with Gasteiger partial charge in [-0.25, -0.2) is 4.79 Å². The molecule has 0 aliphatic carbocycles. The SMILES string of the molecule is C=CCCCN(Cc1ccccc1)C(=O)OC(C)(C)C. The van der Waals surface area contributed by atoms with Crippen molar-refractivity contribution in [1.82, 2.24) is 4.90 Å². The Hall–Kier alpha value is -1.77. The van der Waals surface area contributed by atoms with Crippen LogP contribution in [0.25, 0.3) is 0 Å². The number of allylic oxidation sites excluding steroid dienone is 1. The van der Waals surface area contributed by atoms with Gasteiger partial charge in [-0.1, -0.05) is 36.4 Å². The van der Waals surface area contributed by atoms with Crippen molar-refractivity contribution in [2.75, 3.05) is 6.54 Å². The Morgan fingerprint density at radius 1 is 1.30 bits per heavy atom. The molecular weight excluding hydrogens is 250 g/mol. The van der Waals surface area contributed by atoms with E-state index in [-0.39, 0.29) is 6.09 Å². The topological polar surface area (TPSA) is 29.5 Å². The second kappa shape index (κ2) is 7.73. The lowest BCUT2D eigenvalue weighted by molar-refractivity contribution is 0.0232. The zero-order valence-electron chi connectivity index (χ0n) is 12.8. The van der Waals surface area contributed by atoms with E-state index < -0.39 is 5.60 Å². The van der Waals surface area contributed by atoms with Crippen molar-refractivity contribution >= 4 is 6.09 Å². The Bertz CT molecular complexity index is 420. The van der Waals surface area contributed by atoms with Crippen molar-refractivity contribution in [2.24, 2.45) is 0 Å². The zero-order valence-corrected chi connectivity index (χ0v) is 12.8. The Kier molecular flexibility index (Phi) is 6.29. The van der Waals surface area contributed by atoms with E-state index in [2.05, 4.69) is 6.58 Å². The first-order chi connectivity index (χ1) is 9.42. The normalized spacial score (nSPS) is 10.9. The van der Waals surface area contributed by atoms with Crippen LogP contribution in [-0.4, -0.2) is 23.1 Å². The molecule has 0 spiro atoms. The molecule has 1 amide bonds. The van der Waals surface area contributed by atoms with E-state index in [0.717, 1.165) is 18.4 Å².